The van der Waals surface area contributed by atoms with Crippen LogP contribution < -0.4 is 0 Å². The minimum absolute atomic E-state index is 0.278. The molecule has 0 atom stereocenters. The van der Waals surface area contributed by atoms with Crippen molar-refractivity contribution < 1.29 is 9.53 Å². The molecule has 0 amide bonds. The van der Waals surface area contributed by atoms with Gasteiger partial charge in [-0.1, -0.05) is 72.8 Å². The third-order valence-electron chi connectivity index (χ3n) is 3.27. The van der Waals surface area contributed by atoms with E-state index in [9.17, 15) is 4.79 Å². The van der Waals surface area contributed by atoms with Gasteiger partial charge < -0.3 is 4.74 Å². The molecule has 0 fully saturated rings. The smallest absolute Gasteiger partial charge is 0.333 e. The average Bonchev–Trinajstić information content (AvgIpc) is 2.57. The molecule has 0 aromatic heterocycles. The lowest BCUT2D eigenvalue weighted by molar-refractivity contribution is -0.138. The van der Waals surface area contributed by atoms with Gasteiger partial charge in [0.2, 0.25) is 0 Å². The van der Waals surface area contributed by atoms with Crippen LogP contribution in [0, 0.1) is 0 Å². The van der Waals surface area contributed by atoms with Crippen LogP contribution in [-0.4, -0.2) is 12.6 Å². The van der Waals surface area contributed by atoms with Crippen LogP contribution in [-0.2, 0) is 9.53 Å². The van der Waals surface area contributed by atoms with E-state index in [0.29, 0.717) is 12.2 Å². The summed E-state index contributed by atoms with van der Waals surface area (Å²) in [6.45, 7) is 3.96. The maximum absolute atomic E-state index is 11.7. The van der Waals surface area contributed by atoms with Crippen molar-refractivity contribution >= 4 is 11.5 Å². The number of rotatable bonds is 5. The van der Waals surface area contributed by atoms with Crippen molar-refractivity contribution in [3.8, 4) is 0 Å². The highest BCUT2D eigenvalue weighted by atomic mass is 16.5. The van der Waals surface area contributed by atoms with Crippen molar-refractivity contribution in [2.45, 2.75) is 13.8 Å². The van der Waals surface area contributed by atoms with Crippen LogP contribution in [0.1, 0.15) is 25.0 Å². The maximum Gasteiger partial charge on any atom is 0.333 e. The predicted molar refractivity (Wildman–Crippen MR) is 90.4 cm³/mol. The highest BCUT2D eigenvalue weighted by Crippen LogP contribution is 2.23. The molecule has 112 valence electrons. The minimum atomic E-state index is -0.278. The lowest BCUT2D eigenvalue weighted by atomic mass is 9.97. The Hall–Kier alpha value is -2.61. The minimum Gasteiger partial charge on any atom is -0.463 e. The first-order chi connectivity index (χ1) is 10.7. The number of ether oxygens (including phenoxy) is 1. The van der Waals surface area contributed by atoms with Gasteiger partial charge >= 0.3 is 5.97 Å². The number of hydrogen-bond donors (Lipinski definition) is 0. The Kier molecular flexibility index (Phi) is 5.73. The Morgan fingerprint density at radius 2 is 1.41 bits per heavy atom. The summed E-state index contributed by atoms with van der Waals surface area (Å²) in [7, 11) is 0. The van der Waals surface area contributed by atoms with Gasteiger partial charge in [-0.2, -0.15) is 0 Å². The molecular formula is C20H20O2. The molecule has 0 spiro atoms. The molecule has 2 aromatic carbocycles. The lowest BCUT2D eigenvalue weighted by Gasteiger charge is -2.08. The molecule has 0 saturated heterocycles. The number of hydrogen-bond acceptors (Lipinski definition) is 2. The van der Waals surface area contributed by atoms with Crippen LogP contribution >= 0.6 is 0 Å². The Bertz CT molecular complexity index is 626. The second-order valence-corrected chi connectivity index (χ2v) is 4.88. The molecule has 2 aromatic rings. The Morgan fingerprint density at radius 1 is 0.909 bits per heavy atom. The zero-order valence-corrected chi connectivity index (χ0v) is 13.0. The zero-order chi connectivity index (χ0) is 15.8. The third-order valence-corrected chi connectivity index (χ3v) is 3.27. The second-order valence-electron chi connectivity index (χ2n) is 4.88. The quantitative estimate of drug-likeness (QED) is 0.456. The highest BCUT2D eigenvalue weighted by Gasteiger charge is 2.06. The molecule has 0 aliphatic rings. The SMILES string of the molecule is CCOC(=O)/C(C)=C/C=C(c1ccccc1)c1ccccc1. The molecule has 2 nitrogen and oxygen atoms in total. The average molecular weight is 292 g/mol. The van der Waals surface area contributed by atoms with Crippen molar-refractivity contribution in [2.75, 3.05) is 6.61 Å². The number of esters is 1. The number of carbonyl (C=O) groups is 1. The topological polar surface area (TPSA) is 26.3 Å². The van der Waals surface area contributed by atoms with E-state index in [1.54, 1.807) is 13.8 Å². The molecule has 22 heavy (non-hydrogen) atoms. The molecular weight excluding hydrogens is 272 g/mol. The maximum atomic E-state index is 11.7. The molecule has 0 heterocycles. The highest BCUT2D eigenvalue weighted by molar-refractivity contribution is 5.89. The summed E-state index contributed by atoms with van der Waals surface area (Å²) in [5.74, 6) is -0.278. The Balaban J connectivity index is 2.39. The summed E-state index contributed by atoms with van der Waals surface area (Å²) in [4.78, 5) is 11.7. The predicted octanol–water partition coefficient (Wildman–Crippen LogP) is 4.63. The van der Waals surface area contributed by atoms with Crippen LogP contribution in [0.3, 0.4) is 0 Å². The fourth-order valence-corrected chi connectivity index (χ4v) is 2.12. The van der Waals surface area contributed by atoms with E-state index >= 15 is 0 Å². The first-order valence-corrected chi connectivity index (χ1v) is 7.39. The van der Waals surface area contributed by atoms with Gasteiger partial charge in [-0.05, 0) is 30.5 Å². The molecule has 0 aliphatic heterocycles. The monoisotopic (exact) mass is 292 g/mol. The number of benzene rings is 2. The van der Waals surface area contributed by atoms with Crippen LogP contribution in [0.2, 0.25) is 0 Å². The fraction of sp³-hybridized carbons (Fsp3) is 0.150. The van der Waals surface area contributed by atoms with Gasteiger partial charge in [0.25, 0.3) is 0 Å². The standard InChI is InChI=1S/C20H20O2/c1-3-22-20(21)16(2)14-15-19(17-10-6-4-7-11-17)18-12-8-5-9-13-18/h4-15H,3H2,1-2H3/b16-14+. The van der Waals surface area contributed by atoms with Crippen molar-refractivity contribution in [1.82, 2.24) is 0 Å². The first-order valence-electron chi connectivity index (χ1n) is 7.39. The van der Waals surface area contributed by atoms with Gasteiger partial charge in [-0.25, -0.2) is 4.79 Å². The number of carbonyl (C=O) groups excluding carboxylic acids is 1. The number of allylic oxidation sites excluding steroid dienone is 2. The van der Waals surface area contributed by atoms with Gasteiger partial charge in [0.15, 0.2) is 0 Å². The second kappa shape index (κ2) is 7.99. The Labute approximate surface area is 131 Å². The van der Waals surface area contributed by atoms with Gasteiger partial charge in [0.05, 0.1) is 6.61 Å². The fourth-order valence-electron chi connectivity index (χ4n) is 2.12. The van der Waals surface area contributed by atoms with E-state index in [0.717, 1.165) is 16.7 Å². The van der Waals surface area contributed by atoms with Gasteiger partial charge in [-0.3, -0.25) is 0 Å². The van der Waals surface area contributed by atoms with E-state index in [2.05, 4.69) is 24.3 Å². The third kappa shape index (κ3) is 4.19. The molecule has 0 unspecified atom stereocenters. The normalized spacial score (nSPS) is 10.9. The summed E-state index contributed by atoms with van der Waals surface area (Å²) >= 11 is 0. The molecule has 2 rings (SSSR count). The zero-order valence-electron chi connectivity index (χ0n) is 13.0. The summed E-state index contributed by atoms with van der Waals surface area (Å²) in [6.07, 6.45) is 3.78. The van der Waals surface area contributed by atoms with E-state index < -0.39 is 0 Å². The van der Waals surface area contributed by atoms with Gasteiger partial charge in [0.1, 0.15) is 0 Å². The van der Waals surface area contributed by atoms with E-state index in [-0.39, 0.29) is 5.97 Å². The lowest BCUT2D eigenvalue weighted by Crippen LogP contribution is -2.04. The summed E-state index contributed by atoms with van der Waals surface area (Å²) in [5, 5.41) is 0. The molecule has 0 bridgehead atoms. The van der Waals surface area contributed by atoms with Gasteiger partial charge in [-0.15, -0.1) is 0 Å². The van der Waals surface area contributed by atoms with Crippen molar-refractivity contribution in [3.05, 3.63) is 89.5 Å². The summed E-state index contributed by atoms with van der Waals surface area (Å²) < 4.78 is 5.01. The molecule has 0 N–H and O–H groups in total. The van der Waals surface area contributed by atoms with Crippen LogP contribution in [0.25, 0.3) is 5.57 Å². The van der Waals surface area contributed by atoms with Crippen LogP contribution in [0.4, 0.5) is 0 Å². The molecule has 0 radical (unpaired) electrons. The van der Waals surface area contributed by atoms with Gasteiger partial charge in [0, 0.05) is 5.57 Å². The first kappa shape index (κ1) is 15.8. The molecule has 0 saturated carbocycles. The largest absolute Gasteiger partial charge is 0.463 e. The molecule has 0 aliphatic carbocycles. The van der Waals surface area contributed by atoms with E-state index in [4.69, 9.17) is 4.74 Å². The van der Waals surface area contributed by atoms with Crippen molar-refractivity contribution in [3.63, 3.8) is 0 Å². The molecule has 2 heteroatoms. The van der Waals surface area contributed by atoms with E-state index in [1.165, 1.54) is 0 Å². The van der Waals surface area contributed by atoms with Crippen LogP contribution in [0.5, 0.6) is 0 Å². The van der Waals surface area contributed by atoms with Crippen molar-refractivity contribution in [2.24, 2.45) is 0 Å². The van der Waals surface area contributed by atoms with Crippen LogP contribution in [0.15, 0.2) is 78.4 Å². The summed E-state index contributed by atoms with van der Waals surface area (Å²) in [5.41, 5.74) is 3.89. The van der Waals surface area contributed by atoms with Crippen molar-refractivity contribution in [1.29, 1.82) is 0 Å². The summed E-state index contributed by atoms with van der Waals surface area (Å²) in [6, 6.07) is 20.3. The van der Waals surface area contributed by atoms with E-state index in [1.807, 2.05) is 48.6 Å². The Morgan fingerprint density at radius 3 is 1.86 bits per heavy atom.